The summed E-state index contributed by atoms with van der Waals surface area (Å²) in [6.07, 6.45) is 0. The van der Waals surface area contributed by atoms with Crippen LogP contribution in [0.3, 0.4) is 0 Å². The number of hydrogen-bond donors (Lipinski definition) is 5. The number of hydrogen-bond acceptors (Lipinski definition) is 7. The van der Waals surface area contributed by atoms with Crippen LogP contribution in [-0.4, -0.2) is 59.7 Å². The SMILES string of the molecule is [CH2-]CNc1ccc(NCC[N-]CCO)c2c1C(=O)c1c(O)ccc(O)c1C2=O.[Na+].[Na+]. The molecule has 0 spiro atoms. The Morgan fingerprint density at radius 1 is 0.800 bits per heavy atom. The zero-order valence-corrected chi connectivity index (χ0v) is 21.2. The van der Waals surface area contributed by atoms with E-state index in [9.17, 15) is 19.8 Å². The maximum absolute atomic E-state index is 13.2. The summed E-state index contributed by atoms with van der Waals surface area (Å²) in [6, 6.07) is 5.69. The van der Waals surface area contributed by atoms with Crippen LogP contribution in [0, 0.1) is 6.92 Å². The van der Waals surface area contributed by atoms with Crippen LogP contribution in [0.15, 0.2) is 24.3 Å². The van der Waals surface area contributed by atoms with Crippen molar-refractivity contribution < 1.29 is 84.0 Å². The fraction of sp³-hybridized carbons (Fsp3) is 0.250. The molecule has 2 aromatic carbocycles. The first kappa shape index (κ1) is 26.9. The number of nitrogens with one attached hydrogen (secondary N) is 2. The molecule has 0 bridgehead atoms. The molecule has 0 aliphatic heterocycles. The average Bonchev–Trinajstić information content (AvgIpc) is 2.68. The van der Waals surface area contributed by atoms with Gasteiger partial charge >= 0.3 is 59.1 Å². The molecule has 1 aliphatic carbocycles. The molecule has 0 atom stereocenters. The number of carbonyl (C=O) groups is 2. The topological polar surface area (TPSA) is 133 Å². The zero-order chi connectivity index (χ0) is 20.3. The van der Waals surface area contributed by atoms with Crippen molar-refractivity contribution in [1.82, 2.24) is 0 Å². The van der Waals surface area contributed by atoms with Gasteiger partial charge in [-0.1, -0.05) is 0 Å². The van der Waals surface area contributed by atoms with Crippen LogP contribution < -0.4 is 69.7 Å². The molecule has 3 rings (SSSR count). The van der Waals surface area contributed by atoms with Gasteiger partial charge in [0, 0.05) is 18.0 Å². The maximum Gasteiger partial charge on any atom is 1.00 e. The molecule has 1 aliphatic rings. The van der Waals surface area contributed by atoms with Gasteiger partial charge in [-0.05, 0) is 30.8 Å². The Morgan fingerprint density at radius 3 is 1.77 bits per heavy atom. The van der Waals surface area contributed by atoms with E-state index in [-0.39, 0.29) is 99.5 Å². The average molecular weight is 429 g/mol. The molecule has 0 saturated heterocycles. The van der Waals surface area contributed by atoms with Crippen molar-refractivity contribution in [3.05, 3.63) is 58.8 Å². The molecule has 0 aromatic heterocycles. The Labute approximate surface area is 219 Å². The molecular weight excluding hydrogens is 408 g/mol. The van der Waals surface area contributed by atoms with E-state index in [1.54, 1.807) is 12.1 Å². The number of rotatable bonds is 8. The van der Waals surface area contributed by atoms with Crippen molar-refractivity contribution in [3.63, 3.8) is 0 Å². The van der Waals surface area contributed by atoms with Crippen LogP contribution in [0.4, 0.5) is 11.4 Å². The second-order valence-corrected chi connectivity index (χ2v) is 6.17. The van der Waals surface area contributed by atoms with E-state index < -0.39 is 11.6 Å². The number of ketones is 2. The summed E-state index contributed by atoms with van der Waals surface area (Å²) in [5, 5.41) is 39.2. The van der Waals surface area contributed by atoms with Gasteiger partial charge in [0.25, 0.3) is 0 Å². The second-order valence-electron chi connectivity index (χ2n) is 6.17. The summed E-state index contributed by atoms with van der Waals surface area (Å²) in [4.78, 5) is 26.3. The van der Waals surface area contributed by atoms with Crippen molar-refractivity contribution >= 4 is 22.9 Å². The summed E-state index contributed by atoms with van der Waals surface area (Å²) in [7, 11) is 0. The third-order valence-electron chi connectivity index (χ3n) is 4.43. The second kappa shape index (κ2) is 12.1. The third-order valence-corrected chi connectivity index (χ3v) is 4.43. The van der Waals surface area contributed by atoms with Crippen molar-refractivity contribution in [2.24, 2.45) is 0 Å². The molecule has 0 fully saturated rings. The monoisotopic (exact) mass is 429 g/mol. The molecule has 0 heterocycles. The fourth-order valence-electron chi connectivity index (χ4n) is 3.25. The van der Waals surface area contributed by atoms with Gasteiger partial charge < -0.3 is 38.2 Å². The summed E-state index contributed by atoms with van der Waals surface area (Å²) in [5.74, 6) is -1.84. The Balaban J connectivity index is 0.00000225. The molecule has 5 N–H and O–H groups in total. The quantitative estimate of drug-likeness (QED) is 0.106. The predicted molar refractivity (Wildman–Crippen MR) is 106 cm³/mol. The largest absolute Gasteiger partial charge is 1.00 e. The number of aliphatic hydroxyl groups excluding tert-OH is 1. The molecule has 30 heavy (non-hydrogen) atoms. The molecule has 10 heteroatoms. The van der Waals surface area contributed by atoms with E-state index in [0.29, 0.717) is 37.6 Å². The van der Waals surface area contributed by atoms with E-state index in [4.69, 9.17) is 5.11 Å². The van der Waals surface area contributed by atoms with Crippen LogP contribution in [0.2, 0.25) is 0 Å². The minimum absolute atomic E-state index is 0. The molecule has 8 nitrogen and oxygen atoms in total. The molecule has 148 valence electrons. The summed E-state index contributed by atoms with van der Waals surface area (Å²) in [5.41, 5.74) is 0.679. The van der Waals surface area contributed by atoms with Crippen LogP contribution >= 0.6 is 0 Å². The summed E-state index contributed by atoms with van der Waals surface area (Å²) in [6.45, 7) is 5.10. The van der Waals surface area contributed by atoms with E-state index in [1.165, 1.54) is 12.1 Å². The standard InChI is InChI=1S/C20H21N3O5.2Na/c1-2-22-11-3-4-12(23-8-7-21-9-10-24)16-15(11)19(27)17-13(25)5-6-14(26)18(17)20(16)28;;/h3-6,22-26H,1-2,7-10H2;;/q-2;2*+1. The number of fused-ring (bicyclic) bond motifs is 2. The Bertz CT molecular complexity index is 937. The van der Waals surface area contributed by atoms with Crippen molar-refractivity contribution in [3.8, 4) is 11.5 Å². The number of nitrogens with zero attached hydrogens (tertiary/aromatic N) is 1. The number of benzene rings is 2. The van der Waals surface area contributed by atoms with Gasteiger partial charge in [-0.2, -0.15) is 0 Å². The normalized spacial score (nSPS) is 11.7. The summed E-state index contributed by atoms with van der Waals surface area (Å²) >= 11 is 0. The van der Waals surface area contributed by atoms with Gasteiger partial charge in [-0.25, -0.2) is 0 Å². The molecule has 2 aromatic rings. The van der Waals surface area contributed by atoms with E-state index in [2.05, 4.69) is 22.9 Å². The van der Waals surface area contributed by atoms with Gasteiger partial charge in [0.2, 0.25) is 11.6 Å². The molecule has 0 radical (unpaired) electrons. The zero-order valence-electron chi connectivity index (χ0n) is 17.2. The van der Waals surface area contributed by atoms with Gasteiger partial charge in [-0.3, -0.25) is 9.59 Å². The molecular formula is C20H21N3Na2O5. The van der Waals surface area contributed by atoms with Crippen molar-refractivity contribution in [1.29, 1.82) is 0 Å². The fourth-order valence-corrected chi connectivity index (χ4v) is 3.25. The number of phenolic OH excluding ortho intramolecular Hbond substituents is 2. The molecule has 0 unspecified atom stereocenters. The number of anilines is 2. The number of aromatic hydroxyl groups is 2. The first-order valence-electron chi connectivity index (χ1n) is 8.83. The molecule has 0 saturated carbocycles. The van der Waals surface area contributed by atoms with Crippen molar-refractivity contribution in [2.75, 3.05) is 43.4 Å². The number of phenols is 2. The van der Waals surface area contributed by atoms with Gasteiger partial charge in [0.15, 0.2) is 0 Å². The minimum atomic E-state index is -0.555. The first-order valence-corrected chi connectivity index (χ1v) is 8.83. The predicted octanol–water partition coefficient (Wildman–Crippen LogP) is -4.09. The van der Waals surface area contributed by atoms with E-state index in [1.807, 2.05) is 0 Å². The number of aliphatic hydroxyl groups is 1. The van der Waals surface area contributed by atoms with Gasteiger partial charge in [0.05, 0.1) is 22.3 Å². The maximum atomic E-state index is 13.2. The van der Waals surface area contributed by atoms with Crippen LogP contribution in [0.5, 0.6) is 11.5 Å². The van der Waals surface area contributed by atoms with Crippen molar-refractivity contribution in [2.45, 2.75) is 0 Å². The first-order chi connectivity index (χ1) is 13.5. The van der Waals surface area contributed by atoms with Crippen LogP contribution in [-0.2, 0) is 0 Å². The Kier molecular flexibility index (Phi) is 10.8. The van der Waals surface area contributed by atoms with E-state index in [0.717, 1.165) is 0 Å². The third kappa shape index (κ3) is 5.20. The Morgan fingerprint density at radius 2 is 1.30 bits per heavy atom. The Hall–Kier alpha value is -1.10. The van der Waals surface area contributed by atoms with Crippen LogP contribution in [0.1, 0.15) is 31.8 Å². The van der Waals surface area contributed by atoms with E-state index >= 15 is 0 Å². The van der Waals surface area contributed by atoms with Gasteiger partial charge in [0.1, 0.15) is 11.5 Å². The summed E-state index contributed by atoms with van der Waals surface area (Å²) < 4.78 is 0. The smallest absolute Gasteiger partial charge is 0.659 e. The molecule has 0 amide bonds. The van der Waals surface area contributed by atoms with Gasteiger partial charge in [-0.15, -0.1) is 19.6 Å². The number of carbonyl (C=O) groups excluding carboxylic acids is 2. The minimum Gasteiger partial charge on any atom is -0.659 e. The van der Waals surface area contributed by atoms with Crippen LogP contribution in [0.25, 0.3) is 5.32 Å².